The molecule has 8 heteroatoms. The Labute approximate surface area is 185 Å². The van der Waals surface area contributed by atoms with Crippen molar-refractivity contribution in [3.8, 4) is 0 Å². The van der Waals surface area contributed by atoms with Gasteiger partial charge in [0.25, 0.3) is 0 Å². The van der Waals surface area contributed by atoms with Crippen LogP contribution in [0.5, 0.6) is 0 Å². The quantitative estimate of drug-likeness (QED) is 0.545. The first-order valence-corrected chi connectivity index (χ1v) is 11.5. The molecule has 5 nitrogen and oxygen atoms in total. The van der Waals surface area contributed by atoms with E-state index in [1.807, 2.05) is 0 Å². The van der Waals surface area contributed by atoms with E-state index >= 15 is 0 Å². The number of nitrogens with zero attached hydrogens (tertiary/aromatic N) is 1. The van der Waals surface area contributed by atoms with E-state index in [0.717, 1.165) is 25.3 Å². The number of aryl methyl sites for hydroxylation is 1. The van der Waals surface area contributed by atoms with E-state index in [0.29, 0.717) is 30.8 Å². The van der Waals surface area contributed by atoms with Crippen LogP contribution >= 0.6 is 0 Å². The summed E-state index contributed by atoms with van der Waals surface area (Å²) in [5.74, 6) is 0.261. The highest BCUT2D eigenvalue weighted by atomic mass is 19.4. The van der Waals surface area contributed by atoms with Gasteiger partial charge in [-0.1, -0.05) is 44.6 Å². The van der Waals surface area contributed by atoms with Crippen molar-refractivity contribution >= 4 is 22.5 Å². The second kappa shape index (κ2) is 9.43. The van der Waals surface area contributed by atoms with Gasteiger partial charge in [0, 0.05) is 24.5 Å². The summed E-state index contributed by atoms with van der Waals surface area (Å²) >= 11 is 0. The first kappa shape index (κ1) is 23.1. The number of carbonyl (C=O) groups excluding carboxylic acids is 1. The molecule has 1 amide bonds. The van der Waals surface area contributed by atoms with E-state index < -0.39 is 17.3 Å². The Balaban J connectivity index is 1.54. The summed E-state index contributed by atoms with van der Waals surface area (Å²) in [6, 6.07) is 4.04. The lowest BCUT2D eigenvalue weighted by molar-refractivity contribution is -0.182. The van der Waals surface area contributed by atoms with E-state index in [9.17, 15) is 23.1 Å². The SMILES string of the molecule is O=C(CCC1CCCCCC1)Nc1cn(CCC2(O)COC2)c2cccc(C(F)(F)F)c12. The summed E-state index contributed by atoms with van der Waals surface area (Å²) in [6.45, 7) is 0.783. The van der Waals surface area contributed by atoms with Gasteiger partial charge >= 0.3 is 6.18 Å². The van der Waals surface area contributed by atoms with Crippen molar-refractivity contribution in [1.82, 2.24) is 4.57 Å². The maximum Gasteiger partial charge on any atom is 0.417 e. The van der Waals surface area contributed by atoms with Crippen molar-refractivity contribution in [3.63, 3.8) is 0 Å². The van der Waals surface area contributed by atoms with Crippen LogP contribution in [-0.4, -0.2) is 34.4 Å². The van der Waals surface area contributed by atoms with Crippen molar-refractivity contribution in [2.24, 2.45) is 5.92 Å². The summed E-state index contributed by atoms with van der Waals surface area (Å²) in [7, 11) is 0. The number of alkyl halides is 3. The molecule has 0 radical (unpaired) electrons. The molecule has 1 saturated heterocycles. The maximum absolute atomic E-state index is 13.7. The third kappa shape index (κ3) is 5.29. The Morgan fingerprint density at radius 2 is 1.91 bits per heavy atom. The van der Waals surface area contributed by atoms with Crippen LogP contribution in [0.4, 0.5) is 18.9 Å². The minimum atomic E-state index is -4.54. The number of amides is 1. The molecule has 2 fully saturated rings. The zero-order chi connectivity index (χ0) is 22.8. The number of hydrogen-bond acceptors (Lipinski definition) is 3. The Hall–Kier alpha value is -2.06. The molecular weight excluding hydrogens is 421 g/mol. The number of carbonyl (C=O) groups is 1. The molecule has 2 aromatic rings. The average Bonchev–Trinajstić information content (AvgIpc) is 2.89. The molecule has 2 heterocycles. The number of benzene rings is 1. The van der Waals surface area contributed by atoms with Crippen molar-refractivity contribution in [2.45, 2.75) is 76.1 Å². The molecule has 1 aromatic heterocycles. The first-order valence-electron chi connectivity index (χ1n) is 11.5. The molecule has 2 aliphatic rings. The minimum absolute atomic E-state index is 0.000310. The van der Waals surface area contributed by atoms with E-state index in [-0.39, 0.29) is 30.2 Å². The van der Waals surface area contributed by atoms with Crippen LogP contribution in [0.3, 0.4) is 0 Å². The Bertz CT molecular complexity index is 942. The summed E-state index contributed by atoms with van der Waals surface area (Å²) in [5, 5.41) is 13.1. The molecule has 176 valence electrons. The van der Waals surface area contributed by atoms with Gasteiger partial charge in [-0.3, -0.25) is 4.79 Å². The first-order chi connectivity index (χ1) is 15.3. The topological polar surface area (TPSA) is 63.5 Å². The molecular formula is C24H31F3N2O3. The zero-order valence-corrected chi connectivity index (χ0v) is 18.2. The van der Waals surface area contributed by atoms with Gasteiger partial charge in [0.15, 0.2) is 0 Å². The Morgan fingerprint density at radius 1 is 1.19 bits per heavy atom. The number of aliphatic hydroxyl groups is 1. The van der Waals surface area contributed by atoms with Crippen LogP contribution in [0, 0.1) is 5.92 Å². The van der Waals surface area contributed by atoms with Crippen molar-refractivity contribution in [3.05, 3.63) is 30.0 Å². The van der Waals surface area contributed by atoms with Crippen molar-refractivity contribution in [1.29, 1.82) is 0 Å². The van der Waals surface area contributed by atoms with E-state index in [4.69, 9.17) is 4.74 Å². The average molecular weight is 453 g/mol. The van der Waals surface area contributed by atoms with Gasteiger partial charge in [-0.05, 0) is 30.9 Å². The lowest BCUT2D eigenvalue weighted by Crippen LogP contribution is -2.50. The third-order valence-electron chi connectivity index (χ3n) is 6.80. The zero-order valence-electron chi connectivity index (χ0n) is 18.2. The van der Waals surface area contributed by atoms with E-state index in [1.54, 1.807) is 16.8 Å². The predicted octanol–water partition coefficient (Wildman–Crippen LogP) is 5.50. The van der Waals surface area contributed by atoms with Gasteiger partial charge in [-0.2, -0.15) is 13.2 Å². The number of ether oxygens (including phenoxy) is 1. The minimum Gasteiger partial charge on any atom is -0.385 e. The molecule has 1 saturated carbocycles. The normalized spacial score (nSPS) is 19.5. The molecule has 0 atom stereocenters. The van der Waals surface area contributed by atoms with Crippen molar-refractivity contribution < 1.29 is 27.8 Å². The van der Waals surface area contributed by atoms with Crippen LogP contribution in [0.15, 0.2) is 24.4 Å². The van der Waals surface area contributed by atoms with Gasteiger partial charge < -0.3 is 19.7 Å². The molecule has 1 aromatic carbocycles. The highest BCUT2D eigenvalue weighted by Crippen LogP contribution is 2.40. The number of nitrogens with one attached hydrogen (secondary N) is 1. The Morgan fingerprint density at radius 3 is 2.53 bits per heavy atom. The lowest BCUT2D eigenvalue weighted by Gasteiger charge is -2.36. The smallest absolute Gasteiger partial charge is 0.385 e. The van der Waals surface area contributed by atoms with Gasteiger partial charge in [0.2, 0.25) is 5.91 Å². The van der Waals surface area contributed by atoms with Crippen LogP contribution in [0.1, 0.15) is 63.4 Å². The molecule has 2 N–H and O–H groups in total. The summed E-state index contributed by atoms with van der Waals surface area (Å²) in [5.41, 5.74) is -1.14. The van der Waals surface area contributed by atoms with Crippen molar-refractivity contribution in [2.75, 3.05) is 18.5 Å². The fraction of sp³-hybridized carbons (Fsp3) is 0.625. The fourth-order valence-corrected chi connectivity index (χ4v) is 4.88. The summed E-state index contributed by atoms with van der Waals surface area (Å²) in [6.07, 6.45) is 5.56. The Kier molecular flexibility index (Phi) is 6.81. The van der Waals surface area contributed by atoms with E-state index in [2.05, 4.69) is 5.32 Å². The molecule has 1 aliphatic carbocycles. The van der Waals surface area contributed by atoms with E-state index in [1.165, 1.54) is 31.7 Å². The summed E-state index contributed by atoms with van der Waals surface area (Å²) < 4.78 is 47.9. The molecule has 0 spiro atoms. The predicted molar refractivity (Wildman–Crippen MR) is 116 cm³/mol. The molecule has 0 unspecified atom stereocenters. The second-order valence-corrected chi connectivity index (χ2v) is 9.35. The fourth-order valence-electron chi connectivity index (χ4n) is 4.88. The van der Waals surface area contributed by atoms with Crippen LogP contribution in [0.2, 0.25) is 0 Å². The lowest BCUT2D eigenvalue weighted by atomic mass is 9.95. The maximum atomic E-state index is 13.7. The molecule has 4 rings (SSSR count). The number of halogens is 3. The number of anilines is 1. The number of aromatic nitrogens is 1. The molecule has 32 heavy (non-hydrogen) atoms. The van der Waals surface area contributed by atoms with Gasteiger partial charge in [-0.15, -0.1) is 0 Å². The van der Waals surface area contributed by atoms with Crippen LogP contribution in [0.25, 0.3) is 10.9 Å². The molecule has 1 aliphatic heterocycles. The van der Waals surface area contributed by atoms with Crippen LogP contribution < -0.4 is 5.32 Å². The van der Waals surface area contributed by atoms with Gasteiger partial charge in [0.1, 0.15) is 5.60 Å². The van der Waals surface area contributed by atoms with Gasteiger partial charge in [0.05, 0.1) is 30.0 Å². The van der Waals surface area contributed by atoms with Crippen LogP contribution in [-0.2, 0) is 22.3 Å². The summed E-state index contributed by atoms with van der Waals surface area (Å²) in [4.78, 5) is 12.7. The number of fused-ring (bicyclic) bond motifs is 1. The number of hydrogen-bond donors (Lipinski definition) is 2. The third-order valence-corrected chi connectivity index (χ3v) is 6.80. The van der Waals surface area contributed by atoms with Gasteiger partial charge in [-0.25, -0.2) is 0 Å². The monoisotopic (exact) mass is 452 g/mol. The highest BCUT2D eigenvalue weighted by molar-refractivity contribution is 6.03. The number of rotatable bonds is 7. The highest BCUT2D eigenvalue weighted by Gasteiger charge is 2.37. The molecule has 0 bridgehead atoms. The largest absolute Gasteiger partial charge is 0.417 e. The standard InChI is InChI=1S/C24H31F3N2O3/c25-24(26,27)18-8-5-9-20-22(18)19(14-29(20)13-12-23(31)15-32-16-23)28-21(30)11-10-17-6-3-1-2-4-7-17/h5,8-9,14,17,31H,1-4,6-7,10-13,15-16H2,(H,28,30). The second-order valence-electron chi connectivity index (χ2n) is 9.35.